The molecule has 27 heavy (non-hydrogen) atoms. The largest absolute Gasteiger partial charge is 0.454 e. The van der Waals surface area contributed by atoms with Crippen molar-refractivity contribution >= 4 is 33.4 Å². The number of aryl methyl sites for hydroxylation is 1. The SMILES string of the molecule is Cc1ccc(S(=O)(=O)NC(C)C)cc1C(=O)OCC(=O)c1cccc(Cl)c1. The first-order chi connectivity index (χ1) is 12.6. The highest BCUT2D eigenvalue weighted by Crippen LogP contribution is 2.18. The highest BCUT2D eigenvalue weighted by atomic mass is 35.5. The van der Waals surface area contributed by atoms with Gasteiger partial charge in [-0.3, -0.25) is 4.79 Å². The van der Waals surface area contributed by atoms with E-state index in [0.29, 0.717) is 16.1 Å². The van der Waals surface area contributed by atoms with Crippen molar-refractivity contribution in [2.24, 2.45) is 0 Å². The number of nitrogens with one attached hydrogen (secondary N) is 1. The van der Waals surface area contributed by atoms with Gasteiger partial charge in [-0.05, 0) is 50.6 Å². The van der Waals surface area contributed by atoms with Crippen LogP contribution in [0.4, 0.5) is 0 Å². The summed E-state index contributed by atoms with van der Waals surface area (Å²) in [6.45, 7) is 4.58. The first-order valence-electron chi connectivity index (χ1n) is 8.19. The van der Waals surface area contributed by atoms with Crippen molar-refractivity contribution in [3.63, 3.8) is 0 Å². The fourth-order valence-corrected chi connectivity index (χ4v) is 3.79. The fourth-order valence-electron chi connectivity index (χ4n) is 2.32. The Balaban J connectivity index is 2.16. The molecule has 0 unspecified atom stereocenters. The summed E-state index contributed by atoms with van der Waals surface area (Å²) in [7, 11) is -3.75. The molecule has 0 radical (unpaired) electrons. The molecule has 8 heteroatoms. The number of esters is 1. The van der Waals surface area contributed by atoms with E-state index < -0.39 is 28.4 Å². The second kappa shape index (κ2) is 8.65. The van der Waals surface area contributed by atoms with Gasteiger partial charge in [0, 0.05) is 16.6 Å². The first-order valence-corrected chi connectivity index (χ1v) is 10.0. The van der Waals surface area contributed by atoms with E-state index in [2.05, 4.69) is 4.72 Å². The maximum atomic E-state index is 12.4. The molecule has 0 saturated heterocycles. The number of benzene rings is 2. The van der Waals surface area contributed by atoms with Crippen molar-refractivity contribution < 1.29 is 22.7 Å². The van der Waals surface area contributed by atoms with E-state index in [1.54, 1.807) is 39.0 Å². The zero-order valence-corrected chi connectivity index (χ0v) is 16.7. The van der Waals surface area contributed by atoms with Gasteiger partial charge in [0.25, 0.3) is 0 Å². The molecule has 0 spiro atoms. The summed E-state index contributed by atoms with van der Waals surface area (Å²) < 4.78 is 32.1. The van der Waals surface area contributed by atoms with Crippen molar-refractivity contribution in [1.82, 2.24) is 4.72 Å². The van der Waals surface area contributed by atoms with Gasteiger partial charge in [0.1, 0.15) is 0 Å². The van der Waals surface area contributed by atoms with E-state index in [9.17, 15) is 18.0 Å². The molecular weight excluding hydrogens is 390 g/mol. The Morgan fingerprint density at radius 3 is 2.48 bits per heavy atom. The number of carbonyl (C=O) groups excluding carboxylic acids is 2. The average Bonchev–Trinajstić information content (AvgIpc) is 2.58. The molecule has 0 atom stereocenters. The summed E-state index contributed by atoms with van der Waals surface area (Å²) in [6, 6.07) is 10.2. The second-order valence-corrected chi connectivity index (χ2v) is 8.41. The van der Waals surface area contributed by atoms with Gasteiger partial charge < -0.3 is 4.74 Å². The number of hydrogen-bond acceptors (Lipinski definition) is 5. The van der Waals surface area contributed by atoms with E-state index in [4.69, 9.17) is 16.3 Å². The van der Waals surface area contributed by atoms with E-state index in [-0.39, 0.29) is 16.5 Å². The average molecular weight is 410 g/mol. The fraction of sp³-hybridized carbons (Fsp3) is 0.263. The van der Waals surface area contributed by atoms with Gasteiger partial charge in [0.15, 0.2) is 12.4 Å². The molecule has 2 rings (SSSR count). The smallest absolute Gasteiger partial charge is 0.338 e. The number of carbonyl (C=O) groups is 2. The standard InChI is InChI=1S/C19H20ClNO5S/c1-12(2)21-27(24,25)16-8-7-13(3)17(10-16)19(23)26-11-18(22)14-5-4-6-15(20)9-14/h4-10,12,21H,11H2,1-3H3. The Hall–Kier alpha value is -2.22. The van der Waals surface area contributed by atoms with Gasteiger partial charge in [0.05, 0.1) is 10.5 Å². The molecule has 0 saturated carbocycles. The first kappa shape index (κ1) is 21.1. The summed E-state index contributed by atoms with van der Waals surface area (Å²) >= 11 is 5.84. The number of Topliss-reactive ketones (excluding diaryl/α,β-unsaturated/α-hetero) is 1. The van der Waals surface area contributed by atoms with Gasteiger partial charge in [-0.2, -0.15) is 0 Å². The molecular formula is C19H20ClNO5S. The monoisotopic (exact) mass is 409 g/mol. The molecule has 0 bridgehead atoms. The summed E-state index contributed by atoms with van der Waals surface area (Å²) in [5.41, 5.74) is 0.948. The Labute approximate surface area is 163 Å². The normalized spacial score (nSPS) is 11.4. The van der Waals surface area contributed by atoms with Crippen LogP contribution >= 0.6 is 11.6 Å². The molecule has 2 aromatic carbocycles. The van der Waals surface area contributed by atoms with Crippen LogP contribution in [0.25, 0.3) is 0 Å². The van der Waals surface area contributed by atoms with Gasteiger partial charge in [-0.25, -0.2) is 17.9 Å². The van der Waals surface area contributed by atoms with Crippen LogP contribution in [0.15, 0.2) is 47.4 Å². The second-order valence-electron chi connectivity index (χ2n) is 6.26. The highest BCUT2D eigenvalue weighted by Gasteiger charge is 2.20. The lowest BCUT2D eigenvalue weighted by Gasteiger charge is -2.12. The minimum atomic E-state index is -3.75. The maximum absolute atomic E-state index is 12.4. The van der Waals surface area contributed by atoms with Crippen LogP contribution in [0, 0.1) is 6.92 Å². The molecule has 0 aliphatic rings. The predicted molar refractivity (Wildman–Crippen MR) is 103 cm³/mol. The maximum Gasteiger partial charge on any atom is 0.338 e. The van der Waals surface area contributed by atoms with E-state index in [1.165, 1.54) is 24.3 Å². The molecule has 0 amide bonds. The molecule has 2 aromatic rings. The van der Waals surface area contributed by atoms with Gasteiger partial charge in [-0.15, -0.1) is 0 Å². The minimum absolute atomic E-state index is 0.0464. The Morgan fingerprint density at radius 2 is 1.85 bits per heavy atom. The number of ether oxygens (including phenoxy) is 1. The molecule has 0 aliphatic heterocycles. The van der Waals surface area contributed by atoms with Crippen molar-refractivity contribution in [3.8, 4) is 0 Å². The van der Waals surface area contributed by atoms with Crippen LogP contribution < -0.4 is 4.72 Å². The Morgan fingerprint density at radius 1 is 1.15 bits per heavy atom. The lowest BCUT2D eigenvalue weighted by molar-refractivity contribution is 0.0473. The number of ketones is 1. The van der Waals surface area contributed by atoms with Crippen molar-refractivity contribution in [2.45, 2.75) is 31.7 Å². The number of hydrogen-bond donors (Lipinski definition) is 1. The molecule has 144 valence electrons. The molecule has 0 aliphatic carbocycles. The van der Waals surface area contributed by atoms with Crippen LogP contribution in [-0.4, -0.2) is 32.8 Å². The third-order valence-electron chi connectivity index (χ3n) is 3.61. The summed E-state index contributed by atoms with van der Waals surface area (Å²) in [4.78, 5) is 24.4. The van der Waals surface area contributed by atoms with Crippen LogP contribution in [-0.2, 0) is 14.8 Å². The molecule has 0 fully saturated rings. The molecule has 0 aromatic heterocycles. The van der Waals surface area contributed by atoms with Crippen molar-refractivity contribution in [1.29, 1.82) is 0 Å². The van der Waals surface area contributed by atoms with Crippen LogP contribution in [0.3, 0.4) is 0 Å². The number of halogens is 1. The molecule has 1 N–H and O–H groups in total. The van der Waals surface area contributed by atoms with Crippen LogP contribution in [0.5, 0.6) is 0 Å². The van der Waals surface area contributed by atoms with Gasteiger partial charge in [0.2, 0.25) is 10.0 Å². The quantitative estimate of drug-likeness (QED) is 0.559. The summed E-state index contributed by atoms with van der Waals surface area (Å²) in [5.74, 6) is -1.18. The van der Waals surface area contributed by atoms with Crippen molar-refractivity contribution in [2.75, 3.05) is 6.61 Å². The molecule has 6 nitrogen and oxygen atoms in total. The third-order valence-corrected chi connectivity index (χ3v) is 5.50. The minimum Gasteiger partial charge on any atom is -0.454 e. The molecule has 0 heterocycles. The van der Waals surface area contributed by atoms with E-state index >= 15 is 0 Å². The Kier molecular flexibility index (Phi) is 6.75. The topological polar surface area (TPSA) is 89.5 Å². The van der Waals surface area contributed by atoms with Crippen molar-refractivity contribution in [3.05, 3.63) is 64.2 Å². The Bertz CT molecular complexity index is 970. The number of sulfonamides is 1. The predicted octanol–water partition coefficient (Wildman–Crippen LogP) is 3.37. The summed E-state index contributed by atoms with van der Waals surface area (Å²) in [5, 5.41) is 0.401. The van der Waals surface area contributed by atoms with E-state index in [1.807, 2.05) is 0 Å². The van der Waals surface area contributed by atoms with Crippen LogP contribution in [0.1, 0.15) is 40.1 Å². The van der Waals surface area contributed by atoms with Gasteiger partial charge in [-0.1, -0.05) is 29.8 Å². The number of rotatable bonds is 7. The van der Waals surface area contributed by atoms with Crippen LogP contribution in [0.2, 0.25) is 5.02 Å². The lowest BCUT2D eigenvalue weighted by Crippen LogP contribution is -2.30. The highest BCUT2D eigenvalue weighted by molar-refractivity contribution is 7.89. The third kappa shape index (κ3) is 5.63. The zero-order chi connectivity index (χ0) is 20.2. The van der Waals surface area contributed by atoms with Gasteiger partial charge >= 0.3 is 5.97 Å². The lowest BCUT2D eigenvalue weighted by atomic mass is 10.1. The zero-order valence-electron chi connectivity index (χ0n) is 15.2. The summed E-state index contributed by atoms with van der Waals surface area (Å²) in [6.07, 6.45) is 0. The van der Waals surface area contributed by atoms with E-state index in [0.717, 1.165) is 0 Å².